The lowest BCUT2D eigenvalue weighted by molar-refractivity contribution is 0.729. The Kier molecular flexibility index (Phi) is 3.31. The smallest absolute Gasteiger partial charge is 0.109 e. The molecule has 5 heteroatoms. The number of hydrogen-bond donors (Lipinski definition) is 3. The molecule has 1 aliphatic heterocycles. The summed E-state index contributed by atoms with van der Waals surface area (Å²) in [6.45, 7) is 2.17. The normalized spacial score (nSPS) is 19.6. The van der Waals surface area contributed by atoms with Gasteiger partial charge >= 0.3 is 0 Å². The minimum Gasteiger partial charge on any atom is -0.360 e. The number of aromatic amines is 2. The van der Waals surface area contributed by atoms with Crippen LogP contribution in [0.5, 0.6) is 0 Å². The lowest BCUT2D eigenvalue weighted by Crippen LogP contribution is -2.08. The van der Waals surface area contributed by atoms with Crippen LogP contribution in [0.15, 0.2) is 24.4 Å². The SMILES string of the molecule is Cl.c1c[nH]c(-c2cc(C3CCNC3)[nH]n2)c1. The van der Waals surface area contributed by atoms with Crippen LogP contribution in [0, 0.1) is 0 Å². The predicted molar refractivity (Wildman–Crippen MR) is 65.9 cm³/mol. The molecule has 4 nitrogen and oxygen atoms in total. The zero-order valence-electron chi connectivity index (χ0n) is 8.86. The Labute approximate surface area is 100 Å². The van der Waals surface area contributed by atoms with Crippen LogP contribution in [-0.2, 0) is 0 Å². The monoisotopic (exact) mass is 238 g/mol. The van der Waals surface area contributed by atoms with Gasteiger partial charge in [0.15, 0.2) is 0 Å². The van der Waals surface area contributed by atoms with E-state index in [1.54, 1.807) is 0 Å². The highest BCUT2D eigenvalue weighted by Gasteiger charge is 2.18. The van der Waals surface area contributed by atoms with E-state index in [1.807, 2.05) is 18.3 Å². The summed E-state index contributed by atoms with van der Waals surface area (Å²) in [6.07, 6.45) is 3.12. The molecule has 0 radical (unpaired) electrons. The van der Waals surface area contributed by atoms with Gasteiger partial charge in [0.2, 0.25) is 0 Å². The van der Waals surface area contributed by atoms with E-state index in [0.29, 0.717) is 5.92 Å². The minimum atomic E-state index is 0. The molecule has 0 bridgehead atoms. The van der Waals surface area contributed by atoms with Gasteiger partial charge in [-0.2, -0.15) is 5.10 Å². The van der Waals surface area contributed by atoms with Gasteiger partial charge in [0.1, 0.15) is 5.69 Å². The summed E-state index contributed by atoms with van der Waals surface area (Å²) in [5.41, 5.74) is 3.31. The van der Waals surface area contributed by atoms with Crippen molar-refractivity contribution < 1.29 is 0 Å². The lowest BCUT2D eigenvalue weighted by Gasteiger charge is -2.02. The van der Waals surface area contributed by atoms with Crippen molar-refractivity contribution in [1.82, 2.24) is 20.5 Å². The van der Waals surface area contributed by atoms with Gasteiger partial charge in [0.25, 0.3) is 0 Å². The number of hydrogen-bond acceptors (Lipinski definition) is 2. The molecule has 1 fully saturated rings. The Morgan fingerprint density at radius 3 is 3.00 bits per heavy atom. The summed E-state index contributed by atoms with van der Waals surface area (Å²) in [5, 5.41) is 10.8. The van der Waals surface area contributed by atoms with Gasteiger partial charge in [-0.25, -0.2) is 0 Å². The number of H-pyrrole nitrogens is 2. The first-order chi connectivity index (χ1) is 7.43. The molecule has 0 spiro atoms. The van der Waals surface area contributed by atoms with Crippen molar-refractivity contribution in [2.75, 3.05) is 13.1 Å². The van der Waals surface area contributed by atoms with Crippen molar-refractivity contribution in [3.8, 4) is 11.4 Å². The van der Waals surface area contributed by atoms with Crippen molar-refractivity contribution in [3.63, 3.8) is 0 Å². The van der Waals surface area contributed by atoms with Crippen LogP contribution in [-0.4, -0.2) is 28.3 Å². The molecule has 0 amide bonds. The summed E-state index contributed by atoms with van der Waals surface area (Å²) in [7, 11) is 0. The summed E-state index contributed by atoms with van der Waals surface area (Å²) < 4.78 is 0. The number of halogens is 1. The fourth-order valence-corrected chi connectivity index (χ4v) is 2.09. The quantitative estimate of drug-likeness (QED) is 0.749. The Hall–Kier alpha value is -1.26. The van der Waals surface area contributed by atoms with E-state index < -0.39 is 0 Å². The van der Waals surface area contributed by atoms with E-state index in [9.17, 15) is 0 Å². The van der Waals surface area contributed by atoms with Gasteiger partial charge in [0, 0.05) is 24.4 Å². The van der Waals surface area contributed by atoms with E-state index in [4.69, 9.17) is 0 Å². The topological polar surface area (TPSA) is 56.5 Å². The number of aromatic nitrogens is 3. The van der Waals surface area contributed by atoms with Crippen molar-refractivity contribution in [1.29, 1.82) is 0 Å². The molecule has 0 saturated carbocycles. The van der Waals surface area contributed by atoms with Crippen molar-refractivity contribution in [3.05, 3.63) is 30.1 Å². The lowest BCUT2D eigenvalue weighted by atomic mass is 10.0. The van der Waals surface area contributed by atoms with Gasteiger partial charge in [-0.3, -0.25) is 5.10 Å². The maximum Gasteiger partial charge on any atom is 0.109 e. The fourth-order valence-electron chi connectivity index (χ4n) is 2.09. The molecular formula is C11H15ClN4. The highest BCUT2D eigenvalue weighted by atomic mass is 35.5. The Morgan fingerprint density at radius 2 is 2.31 bits per heavy atom. The molecule has 86 valence electrons. The van der Waals surface area contributed by atoms with Gasteiger partial charge in [-0.1, -0.05) is 0 Å². The van der Waals surface area contributed by atoms with Crippen molar-refractivity contribution >= 4 is 12.4 Å². The third kappa shape index (κ3) is 1.99. The Balaban J connectivity index is 0.000000963. The van der Waals surface area contributed by atoms with Gasteiger partial charge in [-0.15, -0.1) is 12.4 Å². The highest BCUT2D eigenvalue weighted by Crippen LogP contribution is 2.24. The first-order valence-corrected chi connectivity index (χ1v) is 5.33. The average Bonchev–Trinajstić information content (AvgIpc) is 3.02. The Morgan fingerprint density at radius 1 is 1.38 bits per heavy atom. The highest BCUT2D eigenvalue weighted by molar-refractivity contribution is 5.85. The average molecular weight is 239 g/mol. The molecular weight excluding hydrogens is 224 g/mol. The molecule has 16 heavy (non-hydrogen) atoms. The zero-order valence-corrected chi connectivity index (χ0v) is 9.68. The third-order valence-electron chi connectivity index (χ3n) is 2.97. The summed E-state index contributed by atoms with van der Waals surface area (Å²) >= 11 is 0. The summed E-state index contributed by atoms with van der Waals surface area (Å²) in [6, 6.07) is 6.16. The minimum absolute atomic E-state index is 0. The van der Waals surface area contributed by atoms with Crippen molar-refractivity contribution in [2.24, 2.45) is 0 Å². The first-order valence-electron chi connectivity index (χ1n) is 5.33. The zero-order chi connectivity index (χ0) is 10.1. The van der Waals surface area contributed by atoms with Crippen LogP contribution in [0.1, 0.15) is 18.0 Å². The Bertz CT molecular complexity index is 429. The van der Waals surface area contributed by atoms with Crippen LogP contribution in [0.3, 0.4) is 0 Å². The number of rotatable bonds is 2. The summed E-state index contributed by atoms with van der Waals surface area (Å²) in [4.78, 5) is 3.16. The van der Waals surface area contributed by atoms with E-state index in [2.05, 4.69) is 26.6 Å². The number of nitrogens with one attached hydrogen (secondary N) is 3. The number of nitrogens with zero attached hydrogens (tertiary/aromatic N) is 1. The molecule has 2 aromatic heterocycles. The van der Waals surface area contributed by atoms with Crippen LogP contribution < -0.4 is 5.32 Å². The maximum absolute atomic E-state index is 4.32. The van der Waals surface area contributed by atoms with Crippen LogP contribution >= 0.6 is 12.4 Å². The van der Waals surface area contributed by atoms with E-state index >= 15 is 0 Å². The van der Waals surface area contributed by atoms with Crippen molar-refractivity contribution in [2.45, 2.75) is 12.3 Å². The molecule has 1 atom stereocenters. The molecule has 1 saturated heterocycles. The predicted octanol–water partition coefficient (Wildman–Crippen LogP) is 1.90. The van der Waals surface area contributed by atoms with E-state index in [0.717, 1.165) is 24.5 Å². The molecule has 2 aromatic rings. The van der Waals surface area contributed by atoms with Crippen LogP contribution in [0.25, 0.3) is 11.4 Å². The molecule has 3 rings (SSSR count). The molecule has 3 N–H and O–H groups in total. The molecule has 1 unspecified atom stereocenters. The van der Waals surface area contributed by atoms with E-state index in [1.165, 1.54) is 12.1 Å². The van der Waals surface area contributed by atoms with Crippen LogP contribution in [0.2, 0.25) is 0 Å². The summed E-state index contributed by atoms with van der Waals surface area (Å²) in [5.74, 6) is 0.598. The molecule has 3 heterocycles. The maximum atomic E-state index is 4.32. The fraction of sp³-hybridized carbons (Fsp3) is 0.364. The van der Waals surface area contributed by atoms with Gasteiger partial charge in [0.05, 0.1) is 5.69 Å². The second-order valence-corrected chi connectivity index (χ2v) is 3.98. The second kappa shape index (κ2) is 4.72. The first kappa shape index (κ1) is 11.2. The molecule has 0 aliphatic carbocycles. The standard InChI is InChI=1S/C11H14N4.ClH/c1-2-9(13-4-1)11-6-10(14-15-11)8-3-5-12-7-8;/h1-2,4,6,8,12-13H,3,5,7H2,(H,14,15);1H. The van der Waals surface area contributed by atoms with Crippen LogP contribution in [0.4, 0.5) is 0 Å². The third-order valence-corrected chi connectivity index (χ3v) is 2.97. The van der Waals surface area contributed by atoms with E-state index in [-0.39, 0.29) is 12.4 Å². The van der Waals surface area contributed by atoms with Gasteiger partial charge < -0.3 is 10.3 Å². The van der Waals surface area contributed by atoms with Gasteiger partial charge in [-0.05, 0) is 31.2 Å². The molecule has 0 aromatic carbocycles. The second-order valence-electron chi connectivity index (χ2n) is 3.98. The largest absolute Gasteiger partial charge is 0.360 e. The molecule has 1 aliphatic rings.